The average molecular weight is 157 g/mol. The number of amides is 1. The lowest BCUT2D eigenvalue weighted by molar-refractivity contribution is -0.124. The number of hydrogen-bond donors (Lipinski definition) is 1. The van der Waals surface area contributed by atoms with Crippen LogP contribution in [0.3, 0.4) is 0 Å². The molecule has 1 N–H and O–H groups in total. The molecule has 1 saturated heterocycles. The van der Waals surface area contributed by atoms with Crippen molar-refractivity contribution in [3.63, 3.8) is 0 Å². The molecule has 0 saturated carbocycles. The zero-order chi connectivity index (χ0) is 8.27. The van der Waals surface area contributed by atoms with Gasteiger partial charge in [0.1, 0.15) is 0 Å². The molecule has 1 heterocycles. The van der Waals surface area contributed by atoms with Crippen LogP contribution in [0.5, 0.6) is 0 Å². The molecule has 1 rings (SSSR count). The predicted molar refractivity (Wildman–Crippen MR) is 42.2 cm³/mol. The van der Waals surface area contributed by atoms with Gasteiger partial charge in [0.25, 0.3) is 0 Å². The summed E-state index contributed by atoms with van der Waals surface area (Å²) in [5.74, 6) is 0.275. The fourth-order valence-corrected chi connectivity index (χ4v) is 0.760. The Morgan fingerprint density at radius 3 is 2.91 bits per heavy atom. The number of nitrogens with one attached hydrogen (secondary N) is 1. The van der Waals surface area contributed by atoms with E-state index < -0.39 is 0 Å². The molecule has 64 valence electrons. The van der Waals surface area contributed by atoms with Crippen LogP contribution < -0.4 is 5.32 Å². The summed E-state index contributed by atoms with van der Waals surface area (Å²) in [5.41, 5.74) is 0. The minimum Gasteiger partial charge on any atom is -0.371 e. The first-order valence-electron chi connectivity index (χ1n) is 4.13. The highest BCUT2D eigenvalue weighted by atomic mass is 16.6. The predicted octanol–water partition coefficient (Wildman–Crippen LogP) is 0.547. The number of ether oxygens (including phenoxy) is 1. The third-order valence-corrected chi connectivity index (χ3v) is 1.97. The van der Waals surface area contributed by atoms with Gasteiger partial charge >= 0.3 is 0 Å². The highest BCUT2D eigenvalue weighted by Crippen LogP contribution is 2.07. The number of rotatable bonds is 4. The van der Waals surface area contributed by atoms with E-state index in [0.29, 0.717) is 12.6 Å². The maximum Gasteiger partial charge on any atom is 0.222 e. The molecule has 0 spiro atoms. The average Bonchev–Trinajstić information content (AvgIpc) is 2.81. The van der Waals surface area contributed by atoms with Gasteiger partial charge in [-0.3, -0.25) is 4.79 Å². The second-order valence-electron chi connectivity index (χ2n) is 3.01. The van der Waals surface area contributed by atoms with Crippen LogP contribution >= 0.6 is 0 Å². The third-order valence-electron chi connectivity index (χ3n) is 1.97. The lowest BCUT2D eigenvalue weighted by atomic mass is 10.1. The van der Waals surface area contributed by atoms with Gasteiger partial charge in [-0.05, 0) is 6.42 Å². The van der Waals surface area contributed by atoms with Gasteiger partial charge in [0, 0.05) is 12.5 Å². The van der Waals surface area contributed by atoms with Crippen LogP contribution in [0.25, 0.3) is 0 Å². The van der Waals surface area contributed by atoms with Crippen LogP contribution in [-0.4, -0.2) is 25.2 Å². The van der Waals surface area contributed by atoms with Gasteiger partial charge < -0.3 is 10.1 Å². The summed E-state index contributed by atoms with van der Waals surface area (Å²) in [6.45, 7) is 5.44. The molecule has 11 heavy (non-hydrogen) atoms. The lowest BCUT2D eigenvalue weighted by Gasteiger charge is -2.07. The Kier molecular flexibility index (Phi) is 2.88. The summed E-state index contributed by atoms with van der Waals surface area (Å²) < 4.78 is 4.96. The van der Waals surface area contributed by atoms with Crippen molar-refractivity contribution < 1.29 is 9.53 Å². The Balaban J connectivity index is 2.08. The monoisotopic (exact) mass is 157 g/mol. The van der Waals surface area contributed by atoms with Gasteiger partial charge in [0.2, 0.25) is 5.91 Å². The first kappa shape index (κ1) is 8.53. The van der Waals surface area contributed by atoms with E-state index in [1.807, 2.05) is 13.8 Å². The first-order chi connectivity index (χ1) is 5.24. The van der Waals surface area contributed by atoms with Crippen molar-refractivity contribution in [2.45, 2.75) is 26.4 Å². The second kappa shape index (κ2) is 3.72. The molecule has 0 aromatic rings. The van der Waals surface area contributed by atoms with E-state index in [0.717, 1.165) is 13.0 Å². The molecule has 1 amide bonds. The van der Waals surface area contributed by atoms with E-state index in [1.54, 1.807) is 0 Å². The molecule has 3 heteroatoms. The molecule has 1 aliphatic rings. The Labute approximate surface area is 67.1 Å². The molecule has 0 bridgehead atoms. The maximum atomic E-state index is 11.1. The zero-order valence-corrected chi connectivity index (χ0v) is 7.09. The molecule has 3 nitrogen and oxygen atoms in total. The normalized spacial score (nSPS) is 24.4. The van der Waals surface area contributed by atoms with Gasteiger partial charge in [-0.1, -0.05) is 13.8 Å². The molecule has 0 aromatic heterocycles. The molecule has 0 aliphatic carbocycles. The molecule has 0 unspecified atom stereocenters. The van der Waals surface area contributed by atoms with Crippen LogP contribution in [0.15, 0.2) is 0 Å². The van der Waals surface area contributed by atoms with Crippen LogP contribution in [0.1, 0.15) is 20.3 Å². The fraction of sp³-hybridized carbons (Fsp3) is 0.875. The Bertz CT molecular complexity index is 143. The van der Waals surface area contributed by atoms with Crippen molar-refractivity contribution in [1.29, 1.82) is 0 Å². The summed E-state index contributed by atoms with van der Waals surface area (Å²) in [6.07, 6.45) is 1.19. The van der Waals surface area contributed by atoms with E-state index in [4.69, 9.17) is 4.74 Å². The van der Waals surface area contributed by atoms with Crippen LogP contribution in [0.4, 0.5) is 0 Å². The topological polar surface area (TPSA) is 41.6 Å². The third kappa shape index (κ3) is 2.89. The van der Waals surface area contributed by atoms with Crippen molar-refractivity contribution in [1.82, 2.24) is 5.32 Å². The van der Waals surface area contributed by atoms with E-state index in [2.05, 4.69) is 5.32 Å². The lowest BCUT2D eigenvalue weighted by Crippen LogP contribution is -2.31. The van der Waals surface area contributed by atoms with Crippen molar-refractivity contribution in [3.8, 4) is 0 Å². The maximum absolute atomic E-state index is 11.1. The largest absolute Gasteiger partial charge is 0.371 e. The van der Waals surface area contributed by atoms with Crippen LogP contribution in [0.2, 0.25) is 0 Å². The van der Waals surface area contributed by atoms with Crippen molar-refractivity contribution in [3.05, 3.63) is 0 Å². The Morgan fingerprint density at radius 1 is 1.82 bits per heavy atom. The molecular formula is C8H15NO2. The Morgan fingerprint density at radius 2 is 2.45 bits per heavy atom. The molecular weight excluding hydrogens is 142 g/mol. The van der Waals surface area contributed by atoms with Gasteiger partial charge in [-0.15, -0.1) is 0 Å². The standard InChI is InChI=1S/C8H15NO2/c1-3-6(2)8(10)9-4-7-5-11-7/h6-7H,3-5H2,1-2H3,(H,9,10)/t6-,7-/m1/s1. The summed E-state index contributed by atoms with van der Waals surface area (Å²) in [7, 11) is 0. The number of carbonyl (C=O) groups excluding carboxylic acids is 1. The SMILES string of the molecule is CC[C@@H](C)C(=O)NC[C@@H]1CO1. The quantitative estimate of drug-likeness (QED) is 0.605. The van der Waals surface area contributed by atoms with E-state index >= 15 is 0 Å². The fourth-order valence-electron chi connectivity index (χ4n) is 0.760. The van der Waals surface area contributed by atoms with Crippen molar-refractivity contribution in [2.75, 3.05) is 13.2 Å². The minimum atomic E-state index is 0.133. The molecule has 1 aliphatic heterocycles. The van der Waals surface area contributed by atoms with Gasteiger partial charge in [-0.2, -0.15) is 0 Å². The van der Waals surface area contributed by atoms with Crippen molar-refractivity contribution >= 4 is 5.91 Å². The summed E-state index contributed by atoms with van der Waals surface area (Å²) in [4.78, 5) is 11.1. The zero-order valence-electron chi connectivity index (χ0n) is 7.09. The number of epoxide rings is 1. The number of carbonyl (C=O) groups is 1. The van der Waals surface area contributed by atoms with Crippen LogP contribution in [0, 0.1) is 5.92 Å². The number of hydrogen-bond acceptors (Lipinski definition) is 2. The highest BCUT2D eigenvalue weighted by Gasteiger charge is 2.23. The van der Waals surface area contributed by atoms with Gasteiger partial charge in [0.15, 0.2) is 0 Å². The first-order valence-corrected chi connectivity index (χ1v) is 4.13. The van der Waals surface area contributed by atoms with Gasteiger partial charge in [-0.25, -0.2) is 0 Å². The molecule has 0 radical (unpaired) electrons. The molecule has 2 atom stereocenters. The van der Waals surface area contributed by atoms with Crippen LogP contribution in [-0.2, 0) is 9.53 Å². The van der Waals surface area contributed by atoms with E-state index in [-0.39, 0.29) is 11.8 Å². The summed E-state index contributed by atoms with van der Waals surface area (Å²) in [6, 6.07) is 0. The summed E-state index contributed by atoms with van der Waals surface area (Å²) in [5, 5.41) is 2.83. The highest BCUT2D eigenvalue weighted by molar-refractivity contribution is 5.78. The summed E-state index contributed by atoms with van der Waals surface area (Å²) >= 11 is 0. The minimum absolute atomic E-state index is 0.133. The van der Waals surface area contributed by atoms with Crippen molar-refractivity contribution in [2.24, 2.45) is 5.92 Å². The smallest absolute Gasteiger partial charge is 0.222 e. The Hall–Kier alpha value is -0.570. The van der Waals surface area contributed by atoms with E-state index in [1.165, 1.54) is 0 Å². The molecule has 0 aromatic carbocycles. The van der Waals surface area contributed by atoms with Gasteiger partial charge in [0.05, 0.1) is 12.7 Å². The van der Waals surface area contributed by atoms with E-state index in [9.17, 15) is 4.79 Å². The molecule has 1 fully saturated rings. The second-order valence-corrected chi connectivity index (χ2v) is 3.01.